The van der Waals surface area contributed by atoms with Crippen LogP contribution >= 0.6 is 0 Å². The second kappa shape index (κ2) is 7.81. The molecule has 2 saturated heterocycles. The lowest BCUT2D eigenvalue weighted by Gasteiger charge is -2.23. The highest BCUT2D eigenvalue weighted by atomic mass is 32.2. The average molecular weight is 399 g/mol. The number of halogens is 1. The maximum absolute atomic E-state index is 14.6. The molecule has 1 aromatic carbocycles. The van der Waals surface area contributed by atoms with Crippen molar-refractivity contribution in [2.75, 3.05) is 29.5 Å². The van der Waals surface area contributed by atoms with E-state index in [1.165, 1.54) is 17.9 Å². The zero-order valence-corrected chi connectivity index (χ0v) is 15.7. The van der Waals surface area contributed by atoms with Gasteiger partial charge in [0, 0.05) is 6.92 Å². The van der Waals surface area contributed by atoms with Crippen LogP contribution in [0.25, 0.3) is 0 Å². The van der Waals surface area contributed by atoms with Gasteiger partial charge in [-0.25, -0.2) is 23.0 Å². The van der Waals surface area contributed by atoms with E-state index >= 15 is 0 Å². The summed E-state index contributed by atoms with van der Waals surface area (Å²) in [6, 6.07) is 4.54. The van der Waals surface area contributed by atoms with Gasteiger partial charge in [-0.15, -0.1) is 0 Å². The van der Waals surface area contributed by atoms with E-state index in [0.717, 1.165) is 0 Å². The number of carbonyl (C=O) groups excluding carboxylic acids is 2. The van der Waals surface area contributed by atoms with Gasteiger partial charge < -0.3 is 4.74 Å². The minimum absolute atomic E-state index is 0.0697. The molecule has 2 aliphatic heterocycles. The summed E-state index contributed by atoms with van der Waals surface area (Å²) < 4.78 is 42.9. The van der Waals surface area contributed by atoms with E-state index in [1.807, 2.05) is 0 Å². The molecule has 148 valence electrons. The van der Waals surface area contributed by atoms with Crippen molar-refractivity contribution in [1.82, 2.24) is 10.9 Å². The van der Waals surface area contributed by atoms with E-state index in [2.05, 4.69) is 10.9 Å². The number of hydrogen-bond acceptors (Lipinski definition) is 6. The summed E-state index contributed by atoms with van der Waals surface area (Å²) in [5.41, 5.74) is 5.92. The summed E-state index contributed by atoms with van der Waals surface area (Å²) >= 11 is 0. The number of sulfone groups is 1. The van der Waals surface area contributed by atoms with Gasteiger partial charge in [0.1, 0.15) is 21.8 Å². The smallest absolute Gasteiger partial charge is 0.414 e. The van der Waals surface area contributed by atoms with Crippen LogP contribution in [-0.2, 0) is 19.4 Å². The van der Waals surface area contributed by atoms with Crippen molar-refractivity contribution in [3.8, 4) is 0 Å². The van der Waals surface area contributed by atoms with Gasteiger partial charge in [-0.2, -0.15) is 0 Å². The summed E-state index contributed by atoms with van der Waals surface area (Å²) in [6.45, 7) is 1.82. The van der Waals surface area contributed by atoms with Crippen LogP contribution in [0.1, 0.15) is 31.2 Å². The van der Waals surface area contributed by atoms with Gasteiger partial charge in [-0.05, 0) is 36.5 Å². The summed E-state index contributed by atoms with van der Waals surface area (Å²) in [4.78, 5) is 24.2. The molecule has 0 saturated carbocycles. The molecule has 27 heavy (non-hydrogen) atoms. The monoisotopic (exact) mass is 399 g/mol. The quantitative estimate of drug-likeness (QED) is 0.718. The van der Waals surface area contributed by atoms with Crippen molar-refractivity contribution in [1.29, 1.82) is 0 Å². The van der Waals surface area contributed by atoms with Crippen molar-refractivity contribution < 1.29 is 27.1 Å². The fourth-order valence-electron chi connectivity index (χ4n) is 3.34. The first-order valence-corrected chi connectivity index (χ1v) is 10.5. The highest BCUT2D eigenvalue weighted by Gasteiger charge is 2.33. The molecule has 3 rings (SSSR count). The third-order valence-electron chi connectivity index (χ3n) is 4.76. The van der Waals surface area contributed by atoms with E-state index in [-0.39, 0.29) is 36.4 Å². The Kier molecular flexibility index (Phi) is 5.66. The molecule has 1 aromatic rings. The Morgan fingerprint density at radius 1 is 1.33 bits per heavy atom. The molecule has 2 aliphatic rings. The second-order valence-corrected chi connectivity index (χ2v) is 9.11. The van der Waals surface area contributed by atoms with Crippen molar-refractivity contribution in [3.63, 3.8) is 0 Å². The van der Waals surface area contributed by atoms with Crippen LogP contribution in [0.15, 0.2) is 18.2 Å². The Morgan fingerprint density at radius 3 is 2.67 bits per heavy atom. The Labute approximate surface area is 156 Å². The van der Waals surface area contributed by atoms with Crippen molar-refractivity contribution in [3.05, 3.63) is 29.6 Å². The van der Waals surface area contributed by atoms with Crippen LogP contribution < -0.4 is 15.8 Å². The molecule has 0 spiro atoms. The summed E-state index contributed by atoms with van der Waals surface area (Å²) in [5.74, 6) is -0.711. The van der Waals surface area contributed by atoms with Crippen LogP contribution in [0, 0.1) is 5.82 Å². The molecule has 0 unspecified atom stereocenters. The standard InChI is InChI=1S/C17H22FN3O5S/c1-11(22)20-19-9-14-10-21(17(23)26-14)13-2-3-15(16(18)8-13)12-4-6-27(24,25)7-5-12/h2-3,8,12,14,19H,4-7,9-10H2,1H3,(H,20,22)/t14-/m1/s1. The first-order valence-electron chi connectivity index (χ1n) is 8.72. The van der Waals surface area contributed by atoms with Gasteiger partial charge in [0.25, 0.3) is 0 Å². The lowest BCUT2D eigenvalue weighted by atomic mass is 9.93. The maximum atomic E-state index is 14.6. The van der Waals surface area contributed by atoms with E-state index in [0.29, 0.717) is 24.1 Å². The molecule has 0 aliphatic carbocycles. The Morgan fingerprint density at radius 2 is 2.04 bits per heavy atom. The Hall–Kier alpha value is -2.20. The number of nitrogens with one attached hydrogen (secondary N) is 2. The molecule has 0 radical (unpaired) electrons. The van der Waals surface area contributed by atoms with E-state index < -0.39 is 27.9 Å². The normalized spacial score (nSPS) is 22.5. The van der Waals surface area contributed by atoms with E-state index in [4.69, 9.17) is 4.74 Å². The predicted molar refractivity (Wildman–Crippen MR) is 96.5 cm³/mol. The molecule has 2 heterocycles. The van der Waals surface area contributed by atoms with Gasteiger partial charge in [0.15, 0.2) is 0 Å². The van der Waals surface area contributed by atoms with Crippen LogP contribution in [-0.4, -0.2) is 51.1 Å². The summed E-state index contributed by atoms with van der Waals surface area (Å²) in [7, 11) is -3.01. The minimum Gasteiger partial charge on any atom is -0.442 e. The molecule has 1 atom stereocenters. The molecule has 2 N–H and O–H groups in total. The minimum atomic E-state index is -3.01. The van der Waals surface area contributed by atoms with Crippen molar-refractivity contribution >= 4 is 27.5 Å². The van der Waals surface area contributed by atoms with Crippen molar-refractivity contribution in [2.45, 2.75) is 31.8 Å². The molecule has 2 fully saturated rings. The number of ether oxygens (including phenoxy) is 1. The average Bonchev–Trinajstić information content (AvgIpc) is 2.95. The second-order valence-electron chi connectivity index (χ2n) is 6.81. The van der Waals surface area contributed by atoms with Gasteiger partial charge in [-0.1, -0.05) is 6.07 Å². The Balaban J connectivity index is 1.65. The fraction of sp³-hybridized carbons (Fsp3) is 0.529. The lowest BCUT2D eigenvalue weighted by Crippen LogP contribution is -2.41. The lowest BCUT2D eigenvalue weighted by molar-refractivity contribution is -0.120. The SMILES string of the molecule is CC(=O)NNC[C@@H]1CN(c2ccc(C3CCS(=O)(=O)CC3)c(F)c2)C(=O)O1. The number of amides is 2. The molecule has 0 bridgehead atoms. The molecular formula is C17H22FN3O5S. The van der Waals surface area contributed by atoms with Gasteiger partial charge >= 0.3 is 6.09 Å². The van der Waals surface area contributed by atoms with Gasteiger partial charge in [0.2, 0.25) is 5.91 Å². The molecule has 8 nitrogen and oxygen atoms in total. The van der Waals surface area contributed by atoms with Gasteiger partial charge in [-0.3, -0.25) is 15.1 Å². The largest absolute Gasteiger partial charge is 0.442 e. The topological polar surface area (TPSA) is 105 Å². The number of carbonyl (C=O) groups is 2. The maximum Gasteiger partial charge on any atom is 0.414 e. The summed E-state index contributed by atoms with van der Waals surface area (Å²) in [5, 5.41) is 0. The summed E-state index contributed by atoms with van der Waals surface area (Å²) in [6.07, 6.45) is -0.251. The van der Waals surface area contributed by atoms with E-state index in [1.54, 1.807) is 12.1 Å². The molecular weight excluding hydrogens is 377 g/mol. The first kappa shape index (κ1) is 19.6. The highest BCUT2D eigenvalue weighted by Crippen LogP contribution is 2.33. The number of rotatable bonds is 5. The Bertz CT molecular complexity index is 831. The highest BCUT2D eigenvalue weighted by molar-refractivity contribution is 7.91. The number of benzene rings is 1. The van der Waals surface area contributed by atoms with E-state index in [9.17, 15) is 22.4 Å². The number of nitrogens with zero attached hydrogens (tertiary/aromatic N) is 1. The van der Waals surface area contributed by atoms with Crippen LogP contribution in [0.5, 0.6) is 0 Å². The number of cyclic esters (lactones) is 1. The predicted octanol–water partition coefficient (Wildman–Crippen LogP) is 1.08. The van der Waals surface area contributed by atoms with Gasteiger partial charge in [0.05, 0.1) is 30.3 Å². The molecule has 10 heteroatoms. The van der Waals surface area contributed by atoms with Crippen molar-refractivity contribution in [2.24, 2.45) is 0 Å². The number of hydrazine groups is 1. The third kappa shape index (κ3) is 4.75. The number of hydrogen-bond donors (Lipinski definition) is 2. The van der Waals surface area contributed by atoms with Crippen LogP contribution in [0.4, 0.5) is 14.9 Å². The zero-order valence-electron chi connectivity index (χ0n) is 14.9. The molecule has 2 amide bonds. The number of anilines is 1. The van der Waals surface area contributed by atoms with Crippen LogP contribution in [0.2, 0.25) is 0 Å². The third-order valence-corrected chi connectivity index (χ3v) is 6.47. The van der Waals surface area contributed by atoms with Crippen LogP contribution in [0.3, 0.4) is 0 Å². The fourth-order valence-corrected chi connectivity index (χ4v) is 4.84. The first-order chi connectivity index (χ1) is 12.7. The molecule has 0 aromatic heterocycles. The zero-order chi connectivity index (χ0) is 19.6.